The molecular weight excluding hydrogens is 738 g/mol. The van der Waals surface area contributed by atoms with Crippen molar-refractivity contribution in [1.82, 2.24) is 30.0 Å². The molecule has 0 unspecified atom stereocenters. The molecule has 0 aliphatic carbocycles. The number of aromatic amines is 2. The zero-order chi connectivity index (χ0) is 39.7. The number of ether oxygens (including phenoxy) is 2. The maximum atomic E-state index is 13.4. The van der Waals surface area contributed by atoms with Crippen LogP contribution in [-0.2, 0) is 24.1 Å². The molecule has 0 radical (unpaired) electrons. The van der Waals surface area contributed by atoms with Crippen LogP contribution < -0.4 is 10.1 Å². The molecule has 2 saturated heterocycles. The van der Waals surface area contributed by atoms with Crippen LogP contribution in [0, 0.1) is 18.3 Å². The number of hydrogen-bond donors (Lipinski definition) is 3. The van der Waals surface area contributed by atoms with Crippen LogP contribution in [0.2, 0.25) is 0 Å². The van der Waals surface area contributed by atoms with Crippen LogP contribution in [0.5, 0.6) is 5.88 Å². The summed E-state index contributed by atoms with van der Waals surface area (Å²) in [7, 11) is 0. The fraction of sp³-hybridized carbons (Fsp3) is 0.310. The molecule has 0 saturated carbocycles. The maximum absolute atomic E-state index is 13.4. The van der Waals surface area contributed by atoms with Gasteiger partial charge < -0.3 is 24.2 Å². The first-order valence-corrected chi connectivity index (χ1v) is 18.7. The lowest BCUT2D eigenvalue weighted by Gasteiger charge is -2.31. The van der Waals surface area contributed by atoms with E-state index in [9.17, 15) is 23.2 Å². The molecule has 1 amide bonds. The van der Waals surface area contributed by atoms with Crippen molar-refractivity contribution in [3.05, 3.63) is 112 Å². The van der Waals surface area contributed by atoms with E-state index in [0.717, 1.165) is 71.8 Å². The van der Waals surface area contributed by atoms with Gasteiger partial charge in [-0.2, -0.15) is 23.5 Å². The highest BCUT2D eigenvalue weighted by molar-refractivity contribution is 6.07. The van der Waals surface area contributed by atoms with E-state index in [-0.39, 0.29) is 29.0 Å². The molecule has 12 nitrogen and oxygen atoms in total. The Balaban J connectivity index is 0.000000846. The molecule has 3 aromatic carbocycles. The number of H-pyrrole nitrogens is 2. The Morgan fingerprint density at radius 2 is 1.81 bits per heavy atom. The average molecular weight is 777 g/mol. The predicted molar refractivity (Wildman–Crippen MR) is 207 cm³/mol. The van der Waals surface area contributed by atoms with Gasteiger partial charge in [0.25, 0.3) is 5.91 Å². The average Bonchev–Trinajstić information content (AvgIpc) is 3.92. The minimum atomic E-state index is -4.62. The van der Waals surface area contributed by atoms with E-state index >= 15 is 0 Å². The van der Waals surface area contributed by atoms with Gasteiger partial charge in [0.1, 0.15) is 29.5 Å². The third-order valence-corrected chi connectivity index (χ3v) is 10.3. The van der Waals surface area contributed by atoms with E-state index in [1.807, 2.05) is 42.4 Å². The summed E-state index contributed by atoms with van der Waals surface area (Å²) in [5.41, 5.74) is 4.23. The summed E-state index contributed by atoms with van der Waals surface area (Å²) >= 11 is 0. The Bertz CT molecular complexity index is 2610. The van der Waals surface area contributed by atoms with E-state index in [1.165, 1.54) is 24.6 Å². The van der Waals surface area contributed by atoms with Gasteiger partial charge in [0.2, 0.25) is 5.88 Å². The molecule has 15 heteroatoms. The van der Waals surface area contributed by atoms with E-state index in [4.69, 9.17) is 23.9 Å². The van der Waals surface area contributed by atoms with E-state index in [1.54, 1.807) is 24.3 Å². The van der Waals surface area contributed by atoms with Crippen LogP contribution in [-0.4, -0.2) is 61.8 Å². The number of fused-ring (bicyclic) bond motifs is 3. The lowest BCUT2D eigenvalue weighted by Crippen LogP contribution is -2.33. The van der Waals surface area contributed by atoms with E-state index in [2.05, 4.69) is 33.3 Å². The number of nitrogens with one attached hydrogen (secondary N) is 3. The Kier molecular flexibility index (Phi) is 10.4. The summed E-state index contributed by atoms with van der Waals surface area (Å²) in [6.45, 7) is 7.53. The third-order valence-electron chi connectivity index (χ3n) is 10.3. The van der Waals surface area contributed by atoms with Crippen molar-refractivity contribution in [3.8, 4) is 11.9 Å². The molecule has 0 spiro atoms. The molecular formula is C42H39F3N8O4. The zero-order valence-electron chi connectivity index (χ0n) is 31.2. The van der Waals surface area contributed by atoms with Crippen LogP contribution in [0.15, 0.2) is 77.2 Å². The van der Waals surface area contributed by atoms with Gasteiger partial charge >= 0.3 is 6.18 Å². The van der Waals surface area contributed by atoms with Gasteiger partial charge in [0.05, 0.1) is 40.8 Å². The van der Waals surface area contributed by atoms with Crippen LogP contribution in [0.3, 0.4) is 0 Å². The lowest BCUT2D eigenvalue weighted by molar-refractivity contribution is -0.139. The molecule has 4 aromatic heterocycles. The number of carbonyl (C=O) groups excluding carboxylic acids is 1. The summed E-state index contributed by atoms with van der Waals surface area (Å²) < 4.78 is 56.9. The number of aromatic nitrogens is 5. The normalized spacial score (nSPS) is 16.2. The number of nitriles is 1. The number of aryl methyl sites for hydroxylation is 1. The largest absolute Gasteiger partial charge is 0.473 e. The summed E-state index contributed by atoms with van der Waals surface area (Å²) in [6, 6.07) is 22.8. The minimum Gasteiger partial charge on any atom is -0.473 e. The van der Waals surface area contributed by atoms with Gasteiger partial charge in [-0.1, -0.05) is 12.1 Å². The van der Waals surface area contributed by atoms with Crippen molar-refractivity contribution in [2.45, 2.75) is 64.5 Å². The van der Waals surface area contributed by atoms with Crippen molar-refractivity contribution in [2.75, 3.05) is 25.0 Å². The Labute approximate surface area is 325 Å². The fourth-order valence-electron chi connectivity index (χ4n) is 7.14. The molecule has 9 rings (SSSR count). The van der Waals surface area contributed by atoms with E-state index in [0.29, 0.717) is 35.4 Å². The number of amides is 1. The number of rotatable bonds is 8. The van der Waals surface area contributed by atoms with Crippen molar-refractivity contribution in [3.63, 3.8) is 0 Å². The number of piperidine rings is 1. The van der Waals surface area contributed by atoms with Crippen molar-refractivity contribution in [1.29, 1.82) is 5.26 Å². The number of carbonyl (C=O) groups is 1. The van der Waals surface area contributed by atoms with Gasteiger partial charge in [0.15, 0.2) is 0 Å². The molecule has 1 atom stereocenters. The number of hydrogen-bond acceptors (Lipinski definition) is 9. The standard InChI is InChI=1S/C38H31F3N8O3.C4H8O/c1-21-15-27-24(18-42)5-6-25(35(27)52-21)20-51-34-4-2-3-29(46-34)22-11-13-49(14-12-22)19-33-44-31-10-8-26(17-32(31)45-33)43-37(50)23-7-9-30-28(16-23)36(48-47-30)38(39,40)41;1-4-2-3-5-4/h2-10,15-17,22H,11-14,19-20H2,1H3,(H,43,50)(H,44,45)(H,47,48);4H,2-3H2,1H3/t;4-/m.1/s1. The Morgan fingerprint density at radius 3 is 2.54 bits per heavy atom. The first-order chi connectivity index (χ1) is 27.5. The number of nitrogens with zero attached hydrogens (tertiary/aromatic N) is 5. The molecule has 57 heavy (non-hydrogen) atoms. The molecule has 2 aliphatic heterocycles. The Hall–Kier alpha value is -6.24. The predicted octanol–water partition coefficient (Wildman–Crippen LogP) is 8.79. The molecule has 3 N–H and O–H groups in total. The second kappa shape index (κ2) is 15.7. The molecule has 6 heterocycles. The van der Waals surface area contributed by atoms with E-state index < -0.39 is 17.8 Å². The summed E-state index contributed by atoms with van der Waals surface area (Å²) in [5.74, 6) is 1.80. The first kappa shape index (κ1) is 37.7. The van der Waals surface area contributed by atoms with Crippen molar-refractivity contribution in [2.24, 2.45) is 0 Å². The molecule has 2 aliphatic rings. The number of halogens is 3. The molecule has 292 valence electrons. The number of likely N-dealkylation sites (tertiary alicyclic amines) is 1. The first-order valence-electron chi connectivity index (χ1n) is 18.7. The van der Waals surface area contributed by atoms with Gasteiger partial charge in [0, 0.05) is 51.9 Å². The van der Waals surface area contributed by atoms with Crippen LogP contribution in [0.4, 0.5) is 18.9 Å². The highest BCUT2D eigenvalue weighted by Gasteiger charge is 2.35. The summed E-state index contributed by atoms with van der Waals surface area (Å²) in [4.78, 5) is 28.2. The number of furan rings is 1. The number of alkyl halides is 3. The smallest absolute Gasteiger partial charge is 0.433 e. The number of imidazole rings is 1. The lowest BCUT2D eigenvalue weighted by atomic mass is 9.93. The second-order valence-electron chi connectivity index (χ2n) is 14.4. The van der Waals surface area contributed by atoms with Gasteiger partial charge in [-0.05, 0) is 101 Å². The Morgan fingerprint density at radius 1 is 1.02 bits per heavy atom. The SMILES string of the molecule is C[C@@H]1CCO1.Cc1cc2c(C#N)ccc(COc3cccc(C4CCN(Cc5nc6ccc(NC(=O)c7ccc8n[nH]c(C(F)(F)F)c8c7)cc6[nH]5)CC4)n3)c2o1. The molecule has 7 aromatic rings. The fourth-order valence-corrected chi connectivity index (χ4v) is 7.14. The maximum Gasteiger partial charge on any atom is 0.433 e. The highest BCUT2D eigenvalue weighted by Crippen LogP contribution is 2.34. The van der Waals surface area contributed by atoms with Crippen LogP contribution in [0.1, 0.15) is 76.6 Å². The summed E-state index contributed by atoms with van der Waals surface area (Å²) in [6.07, 6.45) is -0.950. The quantitative estimate of drug-likeness (QED) is 0.137. The number of anilines is 1. The second-order valence-corrected chi connectivity index (χ2v) is 14.4. The van der Waals surface area contributed by atoms with Gasteiger partial charge in [-0.3, -0.25) is 14.8 Å². The van der Waals surface area contributed by atoms with Gasteiger partial charge in [-0.25, -0.2) is 9.97 Å². The molecule has 0 bridgehead atoms. The monoisotopic (exact) mass is 776 g/mol. The number of benzene rings is 3. The minimum absolute atomic E-state index is 0.0801. The molecule has 2 fully saturated rings. The van der Waals surface area contributed by atoms with Crippen LogP contribution in [0.25, 0.3) is 32.9 Å². The zero-order valence-corrected chi connectivity index (χ0v) is 31.2. The highest BCUT2D eigenvalue weighted by atomic mass is 19.4. The van der Waals surface area contributed by atoms with Crippen LogP contribution >= 0.6 is 0 Å². The topological polar surface area (TPSA) is 158 Å². The third kappa shape index (κ3) is 8.33. The summed E-state index contributed by atoms with van der Waals surface area (Å²) in [5, 5.41) is 18.5. The van der Waals surface area contributed by atoms with Crippen molar-refractivity contribution >= 4 is 44.5 Å². The van der Waals surface area contributed by atoms with Gasteiger partial charge in [-0.15, -0.1) is 0 Å². The van der Waals surface area contributed by atoms with Crippen molar-refractivity contribution < 1.29 is 31.9 Å². The number of pyridine rings is 1.